The first-order valence-corrected chi connectivity index (χ1v) is 5.19. The van der Waals surface area contributed by atoms with Crippen molar-refractivity contribution in [1.29, 1.82) is 0 Å². The summed E-state index contributed by atoms with van der Waals surface area (Å²) in [6.45, 7) is 2.04. The van der Waals surface area contributed by atoms with Crippen LogP contribution in [-0.2, 0) is 4.79 Å². The zero-order valence-corrected chi connectivity index (χ0v) is 8.71. The molecule has 1 aliphatic rings. The number of hydrogen-bond acceptors (Lipinski definition) is 3. The highest BCUT2D eigenvalue weighted by Gasteiger charge is 2.20. The number of rotatable bonds is 7. The summed E-state index contributed by atoms with van der Waals surface area (Å²) in [6.07, 6.45) is 2.55. The number of carbonyl (C=O) groups excluding carboxylic acids is 2. The van der Waals surface area contributed by atoms with Crippen LogP contribution in [0.4, 0.5) is 4.79 Å². The lowest BCUT2D eigenvalue weighted by molar-refractivity contribution is -0.120. The highest BCUT2D eigenvalue weighted by atomic mass is 16.2. The van der Waals surface area contributed by atoms with E-state index in [1.807, 2.05) is 0 Å². The molecule has 0 aromatic rings. The van der Waals surface area contributed by atoms with Crippen molar-refractivity contribution in [3.63, 3.8) is 0 Å². The van der Waals surface area contributed by atoms with E-state index in [0.29, 0.717) is 19.6 Å². The average molecular weight is 214 g/mol. The number of carbonyl (C=O) groups is 2. The van der Waals surface area contributed by atoms with Crippen LogP contribution >= 0.6 is 0 Å². The molecular weight excluding hydrogens is 196 g/mol. The first-order valence-electron chi connectivity index (χ1n) is 5.19. The minimum Gasteiger partial charge on any atom is -0.353 e. The van der Waals surface area contributed by atoms with Crippen LogP contribution in [-0.4, -0.2) is 38.1 Å². The topological polar surface area (TPSA) is 96.2 Å². The molecule has 0 aliphatic heterocycles. The highest BCUT2D eigenvalue weighted by Crippen LogP contribution is 2.27. The molecule has 5 N–H and O–H groups in total. The van der Waals surface area contributed by atoms with Crippen LogP contribution in [0, 0.1) is 5.92 Å². The number of nitrogens with one attached hydrogen (secondary N) is 3. The first-order chi connectivity index (χ1) is 7.18. The van der Waals surface area contributed by atoms with E-state index in [-0.39, 0.29) is 5.91 Å². The van der Waals surface area contributed by atoms with E-state index < -0.39 is 6.03 Å². The van der Waals surface area contributed by atoms with Gasteiger partial charge in [-0.2, -0.15) is 0 Å². The molecule has 1 aliphatic carbocycles. The summed E-state index contributed by atoms with van der Waals surface area (Å²) >= 11 is 0. The lowest BCUT2D eigenvalue weighted by Gasteiger charge is -2.06. The van der Waals surface area contributed by atoms with E-state index in [9.17, 15) is 9.59 Å². The molecule has 1 fully saturated rings. The smallest absolute Gasteiger partial charge is 0.312 e. The highest BCUT2D eigenvalue weighted by molar-refractivity contribution is 5.78. The van der Waals surface area contributed by atoms with E-state index in [2.05, 4.69) is 16.0 Å². The van der Waals surface area contributed by atoms with Gasteiger partial charge in [-0.05, 0) is 25.3 Å². The maximum atomic E-state index is 11.2. The van der Waals surface area contributed by atoms with E-state index in [1.165, 1.54) is 12.8 Å². The number of hydrogen-bond donors (Lipinski definition) is 4. The lowest BCUT2D eigenvalue weighted by atomic mass is 10.4. The molecule has 0 radical (unpaired) electrons. The average Bonchev–Trinajstić information content (AvgIpc) is 2.96. The van der Waals surface area contributed by atoms with Gasteiger partial charge in [0.2, 0.25) is 5.91 Å². The molecule has 3 amide bonds. The van der Waals surface area contributed by atoms with Gasteiger partial charge in [0.1, 0.15) is 0 Å². The standard InChI is InChI=1S/C9H18N4O2/c10-9(15)13-4-3-12-8(14)6-11-5-7-1-2-7/h7,11H,1-6H2,(H,12,14)(H3,10,13,15). The molecule has 0 spiro atoms. The molecule has 15 heavy (non-hydrogen) atoms. The predicted molar refractivity (Wildman–Crippen MR) is 56.2 cm³/mol. The van der Waals surface area contributed by atoms with Crippen molar-refractivity contribution in [3.05, 3.63) is 0 Å². The summed E-state index contributed by atoms with van der Waals surface area (Å²) in [6, 6.07) is -0.573. The fourth-order valence-corrected chi connectivity index (χ4v) is 1.16. The van der Waals surface area contributed by atoms with Crippen LogP contribution < -0.4 is 21.7 Å². The summed E-state index contributed by atoms with van der Waals surface area (Å²) in [5.74, 6) is 0.719. The van der Waals surface area contributed by atoms with Crippen LogP contribution in [0.1, 0.15) is 12.8 Å². The van der Waals surface area contributed by atoms with Gasteiger partial charge in [-0.3, -0.25) is 4.79 Å². The van der Waals surface area contributed by atoms with Crippen LogP contribution in [0.25, 0.3) is 0 Å². The molecule has 86 valence electrons. The Morgan fingerprint density at radius 2 is 1.87 bits per heavy atom. The number of primary amides is 1. The van der Waals surface area contributed by atoms with Gasteiger partial charge in [0, 0.05) is 13.1 Å². The maximum absolute atomic E-state index is 11.2. The molecule has 0 aromatic carbocycles. The molecular formula is C9H18N4O2. The number of urea groups is 1. The van der Waals surface area contributed by atoms with Gasteiger partial charge in [-0.25, -0.2) is 4.79 Å². The van der Waals surface area contributed by atoms with Gasteiger partial charge in [-0.15, -0.1) is 0 Å². The Bertz CT molecular complexity index is 228. The van der Waals surface area contributed by atoms with Gasteiger partial charge >= 0.3 is 6.03 Å². The van der Waals surface area contributed by atoms with Crippen molar-refractivity contribution in [2.75, 3.05) is 26.2 Å². The Balaban J connectivity index is 1.86. The zero-order valence-electron chi connectivity index (χ0n) is 8.71. The van der Waals surface area contributed by atoms with Crippen LogP contribution in [0.5, 0.6) is 0 Å². The lowest BCUT2D eigenvalue weighted by Crippen LogP contribution is -2.40. The monoisotopic (exact) mass is 214 g/mol. The summed E-state index contributed by atoms with van der Waals surface area (Å²) in [7, 11) is 0. The largest absolute Gasteiger partial charge is 0.353 e. The van der Waals surface area contributed by atoms with Crippen LogP contribution in [0.2, 0.25) is 0 Å². The second kappa shape index (κ2) is 6.23. The summed E-state index contributed by atoms with van der Waals surface area (Å²) in [5.41, 5.74) is 4.85. The maximum Gasteiger partial charge on any atom is 0.312 e. The van der Waals surface area contributed by atoms with E-state index in [1.54, 1.807) is 0 Å². The van der Waals surface area contributed by atoms with Gasteiger partial charge in [0.05, 0.1) is 6.54 Å². The zero-order chi connectivity index (χ0) is 11.1. The molecule has 6 nitrogen and oxygen atoms in total. The molecule has 1 saturated carbocycles. The van der Waals surface area contributed by atoms with E-state index in [0.717, 1.165) is 12.5 Å². The Morgan fingerprint density at radius 1 is 1.20 bits per heavy atom. The Labute approximate surface area is 89.0 Å². The third-order valence-electron chi connectivity index (χ3n) is 2.16. The third-order valence-corrected chi connectivity index (χ3v) is 2.16. The van der Waals surface area contributed by atoms with Crippen molar-refractivity contribution in [1.82, 2.24) is 16.0 Å². The van der Waals surface area contributed by atoms with Crippen molar-refractivity contribution in [2.45, 2.75) is 12.8 Å². The molecule has 0 saturated heterocycles. The third kappa shape index (κ3) is 6.73. The predicted octanol–water partition coefficient (Wildman–Crippen LogP) is -1.23. The van der Waals surface area contributed by atoms with Crippen LogP contribution in [0.15, 0.2) is 0 Å². The molecule has 0 atom stereocenters. The summed E-state index contributed by atoms with van der Waals surface area (Å²) < 4.78 is 0. The number of nitrogens with two attached hydrogens (primary N) is 1. The quantitative estimate of drug-likeness (QED) is 0.400. The fraction of sp³-hybridized carbons (Fsp3) is 0.778. The van der Waals surface area contributed by atoms with Gasteiger partial charge in [0.25, 0.3) is 0 Å². The summed E-state index contributed by atoms with van der Waals surface area (Å²) in [4.78, 5) is 21.5. The Hall–Kier alpha value is -1.30. The Kier molecular flexibility index (Phi) is 4.89. The SMILES string of the molecule is NC(=O)NCCNC(=O)CNCC1CC1. The van der Waals surface area contributed by atoms with Gasteiger partial charge < -0.3 is 21.7 Å². The minimum absolute atomic E-state index is 0.0538. The second-order valence-corrected chi connectivity index (χ2v) is 3.72. The molecule has 1 rings (SSSR count). The minimum atomic E-state index is -0.573. The molecule has 0 unspecified atom stereocenters. The molecule has 6 heteroatoms. The van der Waals surface area contributed by atoms with Crippen molar-refractivity contribution in [2.24, 2.45) is 11.7 Å². The van der Waals surface area contributed by atoms with Crippen molar-refractivity contribution < 1.29 is 9.59 Å². The summed E-state index contributed by atoms with van der Waals surface area (Å²) in [5, 5.41) is 8.12. The van der Waals surface area contributed by atoms with E-state index in [4.69, 9.17) is 5.73 Å². The van der Waals surface area contributed by atoms with Gasteiger partial charge in [-0.1, -0.05) is 0 Å². The normalized spacial score (nSPS) is 14.7. The van der Waals surface area contributed by atoms with Crippen molar-refractivity contribution >= 4 is 11.9 Å². The molecule has 0 aromatic heterocycles. The van der Waals surface area contributed by atoms with Crippen LogP contribution in [0.3, 0.4) is 0 Å². The molecule has 0 bridgehead atoms. The second-order valence-electron chi connectivity index (χ2n) is 3.72. The Morgan fingerprint density at radius 3 is 2.47 bits per heavy atom. The first kappa shape index (κ1) is 11.8. The van der Waals surface area contributed by atoms with E-state index >= 15 is 0 Å². The van der Waals surface area contributed by atoms with Crippen molar-refractivity contribution in [3.8, 4) is 0 Å². The van der Waals surface area contributed by atoms with Gasteiger partial charge in [0.15, 0.2) is 0 Å². The molecule has 0 heterocycles. The fourth-order valence-electron chi connectivity index (χ4n) is 1.16. The number of amides is 3.